The number of aryl methyl sites for hydroxylation is 1. The van der Waals surface area contributed by atoms with E-state index in [-0.39, 0.29) is 5.78 Å². The highest BCUT2D eigenvalue weighted by Gasteiger charge is 2.17. The smallest absolute Gasteiger partial charge is 0.227 e. The lowest BCUT2D eigenvalue weighted by Crippen LogP contribution is -2.38. The van der Waals surface area contributed by atoms with E-state index in [0.29, 0.717) is 6.54 Å². The largest absolute Gasteiger partial charge is 0.366 e. The predicted molar refractivity (Wildman–Crippen MR) is 103 cm³/mol. The SMILES string of the molecule is Cc1ccc(C(=O)C[n+]2ccc(N3CCc4ccccc4C3)cc2)cc1. The monoisotopic (exact) mass is 343 g/mol. The number of hydrogen-bond donors (Lipinski definition) is 0. The van der Waals surface area contributed by atoms with Gasteiger partial charge in [-0.2, -0.15) is 4.57 Å². The van der Waals surface area contributed by atoms with Crippen molar-refractivity contribution >= 4 is 11.5 Å². The summed E-state index contributed by atoms with van der Waals surface area (Å²) in [4.78, 5) is 14.8. The zero-order chi connectivity index (χ0) is 17.9. The van der Waals surface area contributed by atoms with Crippen LogP contribution in [0.4, 0.5) is 5.69 Å². The first kappa shape index (κ1) is 16.5. The maximum absolute atomic E-state index is 12.4. The molecule has 0 aliphatic carbocycles. The van der Waals surface area contributed by atoms with Crippen molar-refractivity contribution in [1.82, 2.24) is 0 Å². The van der Waals surface area contributed by atoms with Crippen molar-refractivity contribution in [1.29, 1.82) is 0 Å². The summed E-state index contributed by atoms with van der Waals surface area (Å²) in [7, 11) is 0. The van der Waals surface area contributed by atoms with Crippen molar-refractivity contribution < 1.29 is 9.36 Å². The first-order chi connectivity index (χ1) is 12.7. The summed E-state index contributed by atoms with van der Waals surface area (Å²) in [5.41, 5.74) is 6.00. The Morgan fingerprint density at radius 3 is 2.38 bits per heavy atom. The van der Waals surface area contributed by atoms with Crippen LogP contribution in [-0.4, -0.2) is 12.3 Å². The Bertz CT molecular complexity index is 914. The Balaban J connectivity index is 1.44. The Morgan fingerprint density at radius 2 is 1.65 bits per heavy atom. The molecule has 130 valence electrons. The molecule has 1 aromatic heterocycles. The van der Waals surface area contributed by atoms with Gasteiger partial charge in [-0.05, 0) is 24.5 Å². The molecule has 2 heterocycles. The minimum atomic E-state index is 0.134. The average molecular weight is 343 g/mol. The molecular weight excluding hydrogens is 320 g/mol. The maximum Gasteiger partial charge on any atom is 0.227 e. The zero-order valence-corrected chi connectivity index (χ0v) is 15.1. The van der Waals surface area contributed by atoms with Gasteiger partial charge in [-0.1, -0.05) is 54.1 Å². The quantitative estimate of drug-likeness (QED) is 0.532. The number of anilines is 1. The summed E-state index contributed by atoms with van der Waals surface area (Å²) in [5, 5.41) is 0. The second-order valence-electron chi connectivity index (χ2n) is 6.96. The molecule has 0 radical (unpaired) electrons. The van der Waals surface area contributed by atoms with Gasteiger partial charge in [-0.15, -0.1) is 0 Å². The van der Waals surface area contributed by atoms with Crippen LogP contribution in [0.25, 0.3) is 0 Å². The summed E-state index contributed by atoms with van der Waals surface area (Å²) < 4.78 is 1.95. The van der Waals surface area contributed by atoms with Crippen LogP contribution < -0.4 is 9.47 Å². The van der Waals surface area contributed by atoms with Gasteiger partial charge >= 0.3 is 0 Å². The molecule has 1 aliphatic heterocycles. The highest BCUT2D eigenvalue weighted by Crippen LogP contribution is 2.23. The highest BCUT2D eigenvalue weighted by molar-refractivity contribution is 5.95. The third-order valence-corrected chi connectivity index (χ3v) is 5.07. The van der Waals surface area contributed by atoms with Crippen LogP contribution in [0.1, 0.15) is 27.0 Å². The summed E-state index contributed by atoms with van der Waals surface area (Å²) in [6.45, 7) is 4.37. The molecule has 26 heavy (non-hydrogen) atoms. The molecule has 0 spiro atoms. The van der Waals surface area contributed by atoms with E-state index < -0.39 is 0 Å². The van der Waals surface area contributed by atoms with Gasteiger partial charge in [-0.3, -0.25) is 4.79 Å². The van der Waals surface area contributed by atoms with E-state index in [1.807, 2.05) is 48.1 Å². The van der Waals surface area contributed by atoms with Gasteiger partial charge in [0.05, 0.1) is 0 Å². The number of benzene rings is 2. The van der Waals surface area contributed by atoms with Crippen molar-refractivity contribution in [3.05, 3.63) is 95.3 Å². The number of carbonyl (C=O) groups is 1. The molecule has 0 N–H and O–H groups in total. The lowest BCUT2D eigenvalue weighted by molar-refractivity contribution is -0.683. The second kappa shape index (κ2) is 7.12. The molecule has 3 nitrogen and oxygen atoms in total. The molecule has 3 aromatic rings. The van der Waals surface area contributed by atoms with Gasteiger partial charge < -0.3 is 4.90 Å². The van der Waals surface area contributed by atoms with Crippen LogP contribution in [0.15, 0.2) is 73.1 Å². The van der Waals surface area contributed by atoms with Gasteiger partial charge in [0, 0.05) is 36.5 Å². The lowest BCUT2D eigenvalue weighted by Gasteiger charge is -2.30. The van der Waals surface area contributed by atoms with E-state index in [1.165, 1.54) is 22.4 Å². The number of Topliss-reactive ketones (excluding diaryl/α,β-unsaturated/α-hetero) is 1. The van der Waals surface area contributed by atoms with Crippen LogP contribution in [-0.2, 0) is 19.5 Å². The Morgan fingerprint density at radius 1 is 0.962 bits per heavy atom. The molecular formula is C23H23N2O+. The van der Waals surface area contributed by atoms with E-state index in [4.69, 9.17) is 0 Å². The average Bonchev–Trinajstić information content (AvgIpc) is 2.68. The molecule has 0 saturated carbocycles. The maximum atomic E-state index is 12.4. The van der Waals surface area contributed by atoms with E-state index in [9.17, 15) is 4.79 Å². The highest BCUT2D eigenvalue weighted by atomic mass is 16.1. The molecule has 0 fully saturated rings. The number of ketones is 1. The third kappa shape index (κ3) is 3.52. The van der Waals surface area contributed by atoms with E-state index >= 15 is 0 Å². The Labute approximate surface area is 154 Å². The number of hydrogen-bond acceptors (Lipinski definition) is 2. The number of fused-ring (bicyclic) bond motifs is 1. The molecule has 2 aromatic carbocycles. The number of aromatic nitrogens is 1. The standard InChI is InChI=1S/C23H23N2O/c1-18-6-8-20(9-7-18)23(26)17-24-13-11-22(12-14-24)25-15-10-19-4-2-3-5-21(19)16-25/h2-9,11-14H,10,15-17H2,1H3/q+1. The van der Waals surface area contributed by atoms with E-state index in [1.54, 1.807) is 0 Å². The van der Waals surface area contributed by atoms with Crippen LogP contribution in [0.2, 0.25) is 0 Å². The first-order valence-electron chi connectivity index (χ1n) is 9.10. The number of nitrogens with zero attached hydrogens (tertiary/aromatic N) is 2. The fourth-order valence-corrected chi connectivity index (χ4v) is 3.48. The van der Waals surface area contributed by atoms with E-state index in [0.717, 1.165) is 25.1 Å². The molecule has 4 rings (SSSR count). The van der Waals surface area contributed by atoms with Crippen LogP contribution >= 0.6 is 0 Å². The predicted octanol–water partition coefficient (Wildman–Crippen LogP) is 3.73. The number of pyridine rings is 1. The van der Waals surface area contributed by atoms with Crippen LogP contribution in [0, 0.1) is 6.92 Å². The lowest BCUT2D eigenvalue weighted by atomic mass is 9.99. The molecule has 0 amide bonds. The molecule has 0 unspecified atom stereocenters. The molecule has 1 aliphatic rings. The van der Waals surface area contributed by atoms with Gasteiger partial charge in [0.1, 0.15) is 0 Å². The molecule has 0 bridgehead atoms. The minimum Gasteiger partial charge on any atom is -0.366 e. The van der Waals surface area contributed by atoms with Crippen molar-refractivity contribution in [3.8, 4) is 0 Å². The second-order valence-corrected chi connectivity index (χ2v) is 6.96. The van der Waals surface area contributed by atoms with E-state index in [2.05, 4.69) is 41.3 Å². The number of carbonyl (C=O) groups excluding carboxylic acids is 1. The summed E-state index contributed by atoms with van der Waals surface area (Å²) in [6, 6.07) is 20.6. The Kier molecular flexibility index (Phi) is 4.53. The summed E-state index contributed by atoms with van der Waals surface area (Å²) >= 11 is 0. The summed E-state index contributed by atoms with van der Waals surface area (Å²) in [6.07, 6.45) is 5.08. The molecule has 0 atom stereocenters. The summed E-state index contributed by atoms with van der Waals surface area (Å²) in [5.74, 6) is 0.134. The Hall–Kier alpha value is -2.94. The molecule has 0 saturated heterocycles. The fraction of sp³-hybridized carbons (Fsp3) is 0.217. The van der Waals surface area contributed by atoms with Crippen LogP contribution in [0.5, 0.6) is 0 Å². The van der Waals surface area contributed by atoms with Gasteiger partial charge in [0.15, 0.2) is 12.4 Å². The van der Waals surface area contributed by atoms with Gasteiger partial charge in [0.2, 0.25) is 12.3 Å². The topological polar surface area (TPSA) is 24.2 Å². The van der Waals surface area contributed by atoms with Crippen molar-refractivity contribution in [2.75, 3.05) is 11.4 Å². The normalized spacial score (nSPS) is 13.3. The first-order valence-corrected chi connectivity index (χ1v) is 9.10. The van der Waals surface area contributed by atoms with Gasteiger partial charge in [0.25, 0.3) is 0 Å². The van der Waals surface area contributed by atoms with Crippen molar-refractivity contribution in [2.45, 2.75) is 26.4 Å². The third-order valence-electron chi connectivity index (χ3n) is 5.07. The minimum absolute atomic E-state index is 0.134. The number of rotatable bonds is 4. The van der Waals surface area contributed by atoms with Gasteiger partial charge in [-0.25, -0.2) is 0 Å². The van der Waals surface area contributed by atoms with Crippen LogP contribution in [0.3, 0.4) is 0 Å². The molecule has 3 heteroatoms. The van der Waals surface area contributed by atoms with Crippen molar-refractivity contribution in [3.63, 3.8) is 0 Å². The zero-order valence-electron chi connectivity index (χ0n) is 15.1. The van der Waals surface area contributed by atoms with Crippen molar-refractivity contribution in [2.24, 2.45) is 0 Å². The fourth-order valence-electron chi connectivity index (χ4n) is 3.48.